The number of pyridine rings is 1. The fraction of sp³-hybridized carbons (Fsp3) is 0.312. The van der Waals surface area contributed by atoms with Gasteiger partial charge in [-0.3, -0.25) is 4.79 Å². The van der Waals surface area contributed by atoms with E-state index in [4.69, 9.17) is 5.11 Å². The summed E-state index contributed by atoms with van der Waals surface area (Å²) in [4.78, 5) is 15.6. The van der Waals surface area contributed by atoms with Crippen LogP contribution in [0.2, 0.25) is 0 Å². The van der Waals surface area contributed by atoms with E-state index >= 15 is 0 Å². The Balaban J connectivity index is 2.38. The van der Waals surface area contributed by atoms with Gasteiger partial charge in [0, 0.05) is 17.1 Å². The summed E-state index contributed by atoms with van der Waals surface area (Å²) in [6.07, 6.45) is 0. The molecule has 0 aliphatic carbocycles. The summed E-state index contributed by atoms with van der Waals surface area (Å²) in [6.45, 7) is 7.71. The Labute approximate surface area is 128 Å². The summed E-state index contributed by atoms with van der Waals surface area (Å²) in [7, 11) is 0. The molecule has 0 radical (unpaired) electrons. The number of aryl methyl sites for hydroxylation is 4. The maximum Gasteiger partial charge on any atom is 0.325 e. The molecule has 0 amide bonds. The highest BCUT2D eigenvalue weighted by atomic mass is 16.4. The highest BCUT2D eigenvalue weighted by Gasteiger charge is 2.19. The zero-order chi connectivity index (χ0) is 16.0. The maximum absolute atomic E-state index is 11.1. The molecule has 0 saturated heterocycles. The number of rotatable bonds is 3. The van der Waals surface area contributed by atoms with Gasteiger partial charge in [-0.05, 0) is 51.5 Å². The van der Waals surface area contributed by atoms with Gasteiger partial charge in [-0.1, -0.05) is 0 Å². The predicted molar refractivity (Wildman–Crippen MR) is 83.4 cm³/mol. The van der Waals surface area contributed by atoms with Crippen molar-refractivity contribution < 1.29 is 9.90 Å². The van der Waals surface area contributed by atoms with Crippen molar-refractivity contribution in [1.29, 1.82) is 0 Å². The molecular formula is C16H18N4O2. The minimum atomic E-state index is -0.933. The highest BCUT2D eigenvalue weighted by Crippen LogP contribution is 2.27. The van der Waals surface area contributed by atoms with Crippen molar-refractivity contribution in [2.45, 2.75) is 34.2 Å². The summed E-state index contributed by atoms with van der Waals surface area (Å²) in [6, 6.07) is 6.04. The van der Waals surface area contributed by atoms with Crippen LogP contribution < -0.4 is 0 Å². The minimum Gasteiger partial charge on any atom is -0.480 e. The van der Waals surface area contributed by atoms with E-state index in [9.17, 15) is 4.79 Å². The molecule has 6 nitrogen and oxygen atoms in total. The Morgan fingerprint density at radius 3 is 2.41 bits per heavy atom. The van der Waals surface area contributed by atoms with Crippen molar-refractivity contribution in [3.05, 3.63) is 40.8 Å². The summed E-state index contributed by atoms with van der Waals surface area (Å²) in [5.41, 5.74) is 4.62. The minimum absolute atomic E-state index is 0.203. The quantitative estimate of drug-likeness (QED) is 0.806. The van der Waals surface area contributed by atoms with Gasteiger partial charge >= 0.3 is 5.97 Å². The van der Waals surface area contributed by atoms with E-state index in [1.54, 1.807) is 0 Å². The van der Waals surface area contributed by atoms with E-state index in [0.29, 0.717) is 5.65 Å². The lowest BCUT2D eigenvalue weighted by Gasteiger charge is -2.07. The molecule has 3 heterocycles. The van der Waals surface area contributed by atoms with Crippen molar-refractivity contribution in [3.63, 3.8) is 0 Å². The topological polar surface area (TPSA) is 72.9 Å². The second-order valence-electron chi connectivity index (χ2n) is 5.61. The average Bonchev–Trinajstić information content (AvgIpc) is 2.90. The highest BCUT2D eigenvalue weighted by molar-refractivity contribution is 5.88. The molecule has 0 aliphatic rings. The Bertz CT molecular complexity index is 870. The molecule has 114 valence electrons. The molecule has 0 atom stereocenters. The SMILES string of the molecule is Cc1cc(C)c2c(-n3c(C)ccc3C)nn(CC(=O)O)c2n1. The third kappa shape index (κ3) is 2.16. The number of fused-ring (bicyclic) bond motifs is 1. The molecule has 0 aromatic carbocycles. The first-order valence-electron chi connectivity index (χ1n) is 7.10. The van der Waals surface area contributed by atoms with Crippen LogP contribution in [0.25, 0.3) is 16.9 Å². The third-order valence-electron chi connectivity index (χ3n) is 3.78. The molecule has 6 heteroatoms. The van der Waals surface area contributed by atoms with Gasteiger partial charge in [0.05, 0.1) is 5.39 Å². The molecule has 0 aliphatic heterocycles. The van der Waals surface area contributed by atoms with Crippen LogP contribution in [-0.2, 0) is 11.3 Å². The van der Waals surface area contributed by atoms with E-state index in [1.165, 1.54) is 4.68 Å². The number of aromatic nitrogens is 4. The van der Waals surface area contributed by atoms with E-state index in [2.05, 4.69) is 10.1 Å². The second-order valence-corrected chi connectivity index (χ2v) is 5.61. The molecule has 3 aromatic rings. The number of hydrogen-bond donors (Lipinski definition) is 1. The van der Waals surface area contributed by atoms with E-state index in [0.717, 1.165) is 33.8 Å². The summed E-state index contributed by atoms with van der Waals surface area (Å²) >= 11 is 0. The molecule has 3 rings (SSSR count). The normalized spacial score (nSPS) is 11.3. The molecule has 3 aromatic heterocycles. The lowest BCUT2D eigenvalue weighted by Crippen LogP contribution is -2.11. The molecule has 22 heavy (non-hydrogen) atoms. The first-order valence-corrected chi connectivity index (χ1v) is 7.10. The molecule has 0 fully saturated rings. The fourth-order valence-electron chi connectivity index (χ4n) is 2.89. The zero-order valence-corrected chi connectivity index (χ0v) is 13.1. The first kappa shape index (κ1) is 14.3. The lowest BCUT2D eigenvalue weighted by atomic mass is 10.1. The Hall–Kier alpha value is -2.63. The number of aliphatic carboxylic acids is 1. The van der Waals surface area contributed by atoms with Gasteiger partial charge < -0.3 is 9.67 Å². The van der Waals surface area contributed by atoms with Crippen LogP contribution in [0.1, 0.15) is 22.6 Å². The smallest absolute Gasteiger partial charge is 0.325 e. The monoisotopic (exact) mass is 298 g/mol. The van der Waals surface area contributed by atoms with Crippen molar-refractivity contribution in [1.82, 2.24) is 19.3 Å². The van der Waals surface area contributed by atoms with Crippen molar-refractivity contribution in [2.75, 3.05) is 0 Å². The Kier molecular flexibility index (Phi) is 3.24. The second kappa shape index (κ2) is 4.98. The summed E-state index contributed by atoms with van der Waals surface area (Å²) < 4.78 is 3.50. The van der Waals surface area contributed by atoms with Crippen LogP contribution in [0.3, 0.4) is 0 Å². The van der Waals surface area contributed by atoms with Crippen LogP contribution in [-0.4, -0.2) is 30.4 Å². The molecular weight excluding hydrogens is 280 g/mol. The third-order valence-corrected chi connectivity index (χ3v) is 3.78. The average molecular weight is 298 g/mol. The molecule has 1 N–H and O–H groups in total. The van der Waals surface area contributed by atoms with Gasteiger partial charge in [0.2, 0.25) is 0 Å². The fourth-order valence-corrected chi connectivity index (χ4v) is 2.89. The van der Waals surface area contributed by atoms with E-state index in [1.807, 2.05) is 50.5 Å². The van der Waals surface area contributed by atoms with Gasteiger partial charge in [0.25, 0.3) is 0 Å². The molecule has 0 spiro atoms. The zero-order valence-electron chi connectivity index (χ0n) is 13.1. The number of nitrogens with zero attached hydrogens (tertiary/aromatic N) is 4. The molecule has 0 unspecified atom stereocenters. The van der Waals surface area contributed by atoms with Gasteiger partial charge in [0.15, 0.2) is 11.5 Å². The van der Waals surface area contributed by atoms with Gasteiger partial charge in [-0.15, -0.1) is 0 Å². The van der Waals surface area contributed by atoms with Crippen LogP contribution in [0, 0.1) is 27.7 Å². The van der Waals surface area contributed by atoms with Crippen LogP contribution in [0.4, 0.5) is 0 Å². The predicted octanol–water partition coefficient (Wildman–Crippen LogP) is 2.54. The van der Waals surface area contributed by atoms with Crippen molar-refractivity contribution >= 4 is 17.0 Å². The molecule has 0 bridgehead atoms. The number of carbonyl (C=O) groups is 1. The standard InChI is InChI=1S/C16H18N4O2/c1-9-7-10(2)17-15-14(9)16(18-19(15)8-13(21)22)20-11(3)5-6-12(20)4/h5-7H,8H2,1-4H3,(H,21,22). The Morgan fingerprint density at radius 2 is 1.82 bits per heavy atom. The van der Waals surface area contributed by atoms with Crippen molar-refractivity contribution in [2.24, 2.45) is 0 Å². The first-order chi connectivity index (χ1) is 10.4. The maximum atomic E-state index is 11.1. The largest absolute Gasteiger partial charge is 0.480 e. The van der Waals surface area contributed by atoms with Gasteiger partial charge in [-0.25, -0.2) is 9.67 Å². The van der Waals surface area contributed by atoms with Crippen LogP contribution in [0.5, 0.6) is 0 Å². The summed E-state index contributed by atoms with van der Waals surface area (Å²) in [5, 5.41) is 14.5. The van der Waals surface area contributed by atoms with Crippen LogP contribution in [0.15, 0.2) is 18.2 Å². The Morgan fingerprint density at radius 1 is 1.18 bits per heavy atom. The summed E-state index contributed by atoms with van der Waals surface area (Å²) in [5.74, 6) is -0.195. The van der Waals surface area contributed by atoms with Gasteiger partial charge in [-0.2, -0.15) is 5.10 Å². The molecule has 0 saturated carbocycles. The van der Waals surface area contributed by atoms with E-state index < -0.39 is 5.97 Å². The number of carboxylic acid groups (broad SMARTS) is 1. The van der Waals surface area contributed by atoms with Crippen LogP contribution >= 0.6 is 0 Å². The number of hydrogen-bond acceptors (Lipinski definition) is 3. The van der Waals surface area contributed by atoms with Crippen molar-refractivity contribution in [3.8, 4) is 5.82 Å². The lowest BCUT2D eigenvalue weighted by molar-refractivity contribution is -0.137. The number of carboxylic acids is 1. The van der Waals surface area contributed by atoms with E-state index in [-0.39, 0.29) is 6.54 Å². The van der Waals surface area contributed by atoms with Gasteiger partial charge in [0.1, 0.15) is 6.54 Å².